The Morgan fingerprint density at radius 1 is 0.450 bits per heavy atom. The Morgan fingerprint density at radius 3 is 0.450 bits per heavy atom. The van der Waals surface area contributed by atoms with Crippen molar-refractivity contribution in [1.82, 2.24) is 0 Å². The average molecular weight is 360 g/mol. The monoisotopic (exact) mass is 360 g/mol. The van der Waals surface area contributed by atoms with E-state index in [2.05, 4.69) is 15.3 Å². The van der Waals surface area contributed by atoms with Crippen molar-refractivity contribution in [3.8, 4) is 0 Å². The van der Waals surface area contributed by atoms with Crippen molar-refractivity contribution in [3.05, 3.63) is 0 Å². The Labute approximate surface area is 186 Å². The summed E-state index contributed by atoms with van der Waals surface area (Å²) in [5, 5.41) is 10.5. The van der Waals surface area contributed by atoms with Crippen molar-refractivity contribution >= 4 is 116 Å². The van der Waals surface area contributed by atoms with Gasteiger partial charge in [0.15, 0.2) is 34.7 Å². The summed E-state index contributed by atoms with van der Waals surface area (Å²) in [6.45, 7) is 0. The summed E-state index contributed by atoms with van der Waals surface area (Å²) in [7, 11) is 7.50. The van der Waals surface area contributed by atoms with Gasteiger partial charge in [0, 0.05) is 16.8 Å². The topological polar surface area (TPSA) is 95.4 Å². The summed E-state index contributed by atoms with van der Waals surface area (Å²) in [5.41, 5.74) is 0. The molecule has 4 N–H and O–H groups in total. The molecule has 13 heteroatoms. The van der Waals surface area contributed by atoms with Crippen LogP contribution in [0.4, 0.5) is 0 Å². The molecular formula is C7H41Al5B4N4. The van der Waals surface area contributed by atoms with Gasteiger partial charge in [0.05, 0.1) is 17.4 Å². The van der Waals surface area contributed by atoms with Crippen LogP contribution in [0.2, 0.25) is 0 Å². The SMILES string of the molecule is C.C.C.C.C.C.C.[AlH3].[AlH3].[AlH].[B].[B].[B]=N.[B]=N.[NH]=[AlH].[NH]=[AlH]. The zero-order chi connectivity index (χ0) is 8.00. The predicted molar refractivity (Wildman–Crippen MR) is 122 cm³/mol. The van der Waals surface area contributed by atoms with E-state index in [4.69, 9.17) is 19.3 Å². The molecule has 20 heavy (non-hydrogen) atoms. The van der Waals surface area contributed by atoms with Crippen molar-refractivity contribution < 1.29 is 0 Å². The Kier molecular flexibility index (Phi) is 25000. The van der Waals surface area contributed by atoms with E-state index < -0.39 is 0 Å². The van der Waals surface area contributed by atoms with Crippen LogP contribution < -0.4 is 0 Å². The molecule has 4 nitrogen and oxygen atoms in total. The third kappa shape index (κ3) is 1630. The number of hydrogen-bond acceptors (Lipinski definition) is 4. The first-order valence-electron chi connectivity index (χ1n) is 1.28. The minimum atomic E-state index is 0. The molecule has 0 aliphatic carbocycles. The van der Waals surface area contributed by atoms with Crippen molar-refractivity contribution in [1.29, 1.82) is 19.3 Å². The van der Waals surface area contributed by atoms with E-state index in [1.54, 1.807) is 0 Å². The third-order valence-corrected chi connectivity index (χ3v) is 0. The van der Waals surface area contributed by atoms with Gasteiger partial charge >= 0.3 is 66.8 Å². The van der Waals surface area contributed by atoms with Gasteiger partial charge in [-0.1, -0.05) is 52.0 Å². The predicted octanol–water partition coefficient (Wildman–Crippen LogP) is -0.192. The van der Waals surface area contributed by atoms with Gasteiger partial charge in [-0.2, -0.15) is 0 Å². The van der Waals surface area contributed by atoms with Gasteiger partial charge in [0.1, 0.15) is 0 Å². The second-order valence-corrected chi connectivity index (χ2v) is 0. The Hall–Kier alpha value is 2.12. The fourth-order valence-electron chi connectivity index (χ4n) is 0. The molecule has 0 saturated carbocycles. The first-order valence-corrected chi connectivity index (χ1v) is 2.70. The van der Waals surface area contributed by atoms with Gasteiger partial charge in [-0.05, 0) is 0 Å². The molecule has 10 radical (unpaired) electrons. The summed E-state index contributed by atoms with van der Waals surface area (Å²) < 4.78 is 11.6. The average Bonchev–Trinajstić information content (AvgIpc) is 2.03. The summed E-state index contributed by atoms with van der Waals surface area (Å²) in [5.74, 6) is 0. The van der Waals surface area contributed by atoms with Crippen LogP contribution in [0.5, 0.6) is 0 Å². The van der Waals surface area contributed by atoms with E-state index in [-0.39, 0.29) is 121 Å². The van der Waals surface area contributed by atoms with Crippen molar-refractivity contribution in [2.45, 2.75) is 52.0 Å². The minimum absolute atomic E-state index is 0. The second-order valence-electron chi connectivity index (χ2n) is 0. The molecule has 0 aromatic rings. The molecule has 0 saturated heterocycles. The maximum absolute atomic E-state index is 5.78. The van der Waals surface area contributed by atoms with Crippen LogP contribution in [0.25, 0.3) is 0 Å². The number of hydrogen-bond donors (Lipinski definition) is 4. The van der Waals surface area contributed by atoms with Crippen LogP contribution in [-0.4, -0.2) is 116 Å². The van der Waals surface area contributed by atoms with E-state index in [9.17, 15) is 0 Å². The summed E-state index contributed by atoms with van der Waals surface area (Å²) in [6.07, 6.45) is 0. The Balaban J connectivity index is -0.000000000635. The molecule has 116 valence electrons. The molecular weight excluding hydrogens is 318 g/mol. The quantitative estimate of drug-likeness (QED) is 0.432. The van der Waals surface area contributed by atoms with Crippen LogP contribution in [0, 0.1) is 19.3 Å². The maximum atomic E-state index is 5.78. The van der Waals surface area contributed by atoms with E-state index in [0.717, 1.165) is 32.2 Å². The van der Waals surface area contributed by atoms with Crippen LogP contribution >= 0.6 is 0 Å². The van der Waals surface area contributed by atoms with E-state index in [0.29, 0.717) is 0 Å². The number of rotatable bonds is 0. The van der Waals surface area contributed by atoms with Crippen molar-refractivity contribution in [2.24, 2.45) is 0 Å². The van der Waals surface area contributed by atoms with Gasteiger partial charge in [0.2, 0.25) is 0 Å². The van der Waals surface area contributed by atoms with Crippen LogP contribution in [-0.2, 0) is 0 Å². The first kappa shape index (κ1) is 263. The summed E-state index contributed by atoms with van der Waals surface area (Å²) in [4.78, 5) is 0. The van der Waals surface area contributed by atoms with Gasteiger partial charge in [-0.15, -0.1) is 0 Å². The molecule has 0 atom stereocenters. The molecule has 0 aromatic carbocycles. The first-order chi connectivity index (χ1) is 4.00. The third-order valence-electron chi connectivity index (χ3n) is 0. The van der Waals surface area contributed by atoms with Gasteiger partial charge < -0.3 is 0 Å². The Morgan fingerprint density at radius 2 is 0.450 bits per heavy atom. The Bertz CT molecular complexity index is 47.2. The van der Waals surface area contributed by atoms with Crippen molar-refractivity contribution in [3.63, 3.8) is 0 Å². The molecule has 0 amide bonds. The molecule has 0 spiro atoms. The van der Waals surface area contributed by atoms with E-state index in [1.807, 2.05) is 0 Å². The summed E-state index contributed by atoms with van der Waals surface area (Å²) in [6, 6.07) is 0. The molecule has 0 rings (SSSR count). The standard InChI is InChI=1S/7CH4.5Al.2BHN.2B.2HN.9H/c;;;;;;;;;;;;2*1-2;;;;;;;;;;;;;/h7*1H4;;;;;;2*2H;;;2*1H;;;;;;;;;. The molecule has 0 unspecified atom stereocenters. The summed E-state index contributed by atoms with van der Waals surface area (Å²) >= 11 is 2.22. The van der Waals surface area contributed by atoms with Crippen molar-refractivity contribution in [2.75, 3.05) is 0 Å². The van der Waals surface area contributed by atoms with Crippen LogP contribution in [0.3, 0.4) is 0 Å². The molecule has 0 aliphatic heterocycles. The number of nitrogens with one attached hydrogen (secondary N) is 4. The van der Waals surface area contributed by atoms with Crippen LogP contribution in [0.15, 0.2) is 0 Å². The zero-order valence-corrected chi connectivity index (χ0v) is 10.7. The zero-order valence-electron chi connectivity index (χ0n) is 6.43. The second kappa shape index (κ2) is 1900. The van der Waals surface area contributed by atoms with Gasteiger partial charge in [-0.3, -0.25) is 0 Å². The normalized spacial score (nSPS) is 0.600. The van der Waals surface area contributed by atoms with Crippen LogP contribution in [0.1, 0.15) is 52.0 Å². The fourth-order valence-corrected chi connectivity index (χ4v) is 0. The van der Waals surface area contributed by atoms with Gasteiger partial charge in [-0.25, -0.2) is 0 Å². The molecule has 0 aliphatic rings. The van der Waals surface area contributed by atoms with E-state index >= 15 is 0 Å². The molecule has 0 heterocycles. The molecule has 0 fully saturated rings. The fraction of sp³-hybridized carbons (Fsp3) is 1.00. The van der Waals surface area contributed by atoms with Gasteiger partial charge in [0.25, 0.3) is 0 Å². The molecule has 0 aromatic heterocycles. The molecule has 0 bridgehead atoms. The van der Waals surface area contributed by atoms with E-state index in [1.165, 1.54) is 0 Å².